The lowest BCUT2D eigenvalue weighted by Crippen LogP contribution is -2.51. The minimum atomic E-state index is -0.251. The number of methoxy groups -OCH3 is 2. The van der Waals surface area contributed by atoms with Crippen molar-refractivity contribution in [1.29, 1.82) is 0 Å². The first-order chi connectivity index (χ1) is 15.4. The molecule has 2 aromatic rings. The van der Waals surface area contributed by atoms with Gasteiger partial charge in [0.15, 0.2) is 0 Å². The van der Waals surface area contributed by atoms with Crippen molar-refractivity contribution in [2.45, 2.75) is 6.42 Å². The Hall–Kier alpha value is -3.26. The molecular formula is C23H26ClN3O5. The minimum Gasteiger partial charge on any atom is -0.497 e. The average molecular weight is 460 g/mol. The largest absolute Gasteiger partial charge is 0.497 e. The molecule has 3 amide bonds. The summed E-state index contributed by atoms with van der Waals surface area (Å²) in [5.74, 6) is 0.643. The van der Waals surface area contributed by atoms with Crippen molar-refractivity contribution in [1.82, 2.24) is 15.1 Å². The summed E-state index contributed by atoms with van der Waals surface area (Å²) in [7, 11) is 3.07. The van der Waals surface area contributed by atoms with E-state index in [9.17, 15) is 14.4 Å². The zero-order valence-corrected chi connectivity index (χ0v) is 18.9. The number of nitrogens with one attached hydrogen (secondary N) is 1. The number of nitrogens with zero attached hydrogens (tertiary/aromatic N) is 2. The quantitative estimate of drug-likeness (QED) is 0.687. The minimum absolute atomic E-state index is 0.0587. The summed E-state index contributed by atoms with van der Waals surface area (Å²) >= 11 is 5.82. The molecule has 0 aliphatic carbocycles. The van der Waals surface area contributed by atoms with Crippen LogP contribution in [0.5, 0.6) is 11.5 Å². The molecule has 0 saturated carbocycles. The highest BCUT2D eigenvalue weighted by Crippen LogP contribution is 2.24. The van der Waals surface area contributed by atoms with Crippen molar-refractivity contribution in [3.63, 3.8) is 0 Å². The molecule has 32 heavy (non-hydrogen) atoms. The highest BCUT2D eigenvalue weighted by Gasteiger charge is 2.25. The Morgan fingerprint density at radius 2 is 1.44 bits per heavy atom. The second kappa shape index (κ2) is 10.9. The standard InChI is InChI=1S/C23H26ClN3O5/c1-31-19-13-17(14-20(15-19)32-2)23(30)27-11-9-26(10-12-27)21(28)7-8-25-22(29)16-3-5-18(24)6-4-16/h3-6,13-15H,7-12H2,1-2H3,(H,25,29). The second-order valence-corrected chi connectivity index (χ2v) is 7.72. The molecule has 1 N–H and O–H groups in total. The van der Waals surface area contributed by atoms with Crippen LogP contribution in [0.3, 0.4) is 0 Å². The monoisotopic (exact) mass is 459 g/mol. The number of halogens is 1. The van der Waals surface area contributed by atoms with Crippen LogP contribution in [0.15, 0.2) is 42.5 Å². The van der Waals surface area contributed by atoms with Gasteiger partial charge >= 0.3 is 0 Å². The SMILES string of the molecule is COc1cc(OC)cc(C(=O)N2CCN(C(=O)CCNC(=O)c3ccc(Cl)cc3)CC2)c1. The lowest BCUT2D eigenvalue weighted by Gasteiger charge is -2.35. The van der Waals surface area contributed by atoms with Crippen molar-refractivity contribution in [2.75, 3.05) is 46.9 Å². The molecule has 1 aliphatic rings. The van der Waals surface area contributed by atoms with Crippen LogP contribution in [0.2, 0.25) is 5.02 Å². The van der Waals surface area contributed by atoms with Crippen molar-refractivity contribution in [3.05, 3.63) is 58.6 Å². The van der Waals surface area contributed by atoms with Gasteiger partial charge in [0.1, 0.15) is 11.5 Å². The Morgan fingerprint density at radius 1 is 0.875 bits per heavy atom. The number of carbonyl (C=O) groups is 3. The molecular weight excluding hydrogens is 434 g/mol. The molecule has 0 bridgehead atoms. The van der Waals surface area contributed by atoms with E-state index in [1.165, 1.54) is 14.2 Å². The molecule has 1 aliphatic heterocycles. The number of ether oxygens (including phenoxy) is 2. The molecule has 1 saturated heterocycles. The smallest absolute Gasteiger partial charge is 0.254 e. The van der Waals surface area contributed by atoms with Gasteiger partial charge in [-0.2, -0.15) is 0 Å². The lowest BCUT2D eigenvalue weighted by atomic mass is 10.1. The topological polar surface area (TPSA) is 88.2 Å². The molecule has 170 valence electrons. The Kier molecular flexibility index (Phi) is 7.94. The molecule has 0 atom stereocenters. The first-order valence-corrected chi connectivity index (χ1v) is 10.6. The van der Waals surface area contributed by atoms with Crippen LogP contribution in [0, 0.1) is 0 Å². The molecule has 1 fully saturated rings. The maximum atomic E-state index is 12.9. The van der Waals surface area contributed by atoms with E-state index in [1.807, 2.05) is 0 Å². The van der Waals surface area contributed by atoms with Crippen molar-refractivity contribution in [2.24, 2.45) is 0 Å². The number of piperazine rings is 1. The van der Waals surface area contributed by atoms with Gasteiger partial charge in [0.2, 0.25) is 5.91 Å². The summed E-state index contributed by atoms with van der Waals surface area (Å²) in [6, 6.07) is 11.6. The maximum Gasteiger partial charge on any atom is 0.254 e. The van der Waals surface area contributed by atoms with E-state index in [1.54, 1.807) is 52.3 Å². The van der Waals surface area contributed by atoms with E-state index in [0.29, 0.717) is 53.8 Å². The highest BCUT2D eigenvalue weighted by atomic mass is 35.5. The molecule has 0 unspecified atom stereocenters. The van der Waals surface area contributed by atoms with Gasteiger partial charge in [-0.25, -0.2) is 0 Å². The first-order valence-electron chi connectivity index (χ1n) is 10.2. The number of rotatable bonds is 7. The predicted octanol–water partition coefficient (Wildman–Crippen LogP) is 2.46. The third kappa shape index (κ3) is 5.91. The third-order valence-electron chi connectivity index (χ3n) is 5.25. The lowest BCUT2D eigenvalue weighted by molar-refractivity contribution is -0.132. The third-order valence-corrected chi connectivity index (χ3v) is 5.50. The molecule has 9 heteroatoms. The Balaban J connectivity index is 1.46. The van der Waals surface area contributed by atoms with Gasteiger partial charge in [0.25, 0.3) is 11.8 Å². The number of hydrogen-bond acceptors (Lipinski definition) is 5. The molecule has 0 radical (unpaired) electrons. The summed E-state index contributed by atoms with van der Waals surface area (Å²) in [6.45, 7) is 1.99. The van der Waals surface area contributed by atoms with Crippen molar-refractivity contribution < 1.29 is 23.9 Å². The van der Waals surface area contributed by atoms with Gasteiger partial charge in [0, 0.05) is 61.4 Å². The van der Waals surface area contributed by atoms with E-state index in [0.717, 1.165) is 0 Å². The fraction of sp³-hybridized carbons (Fsp3) is 0.348. The van der Waals surface area contributed by atoms with Gasteiger partial charge < -0.3 is 24.6 Å². The highest BCUT2D eigenvalue weighted by molar-refractivity contribution is 6.30. The van der Waals surface area contributed by atoms with E-state index < -0.39 is 0 Å². The fourth-order valence-electron chi connectivity index (χ4n) is 3.42. The Bertz CT molecular complexity index is 950. The van der Waals surface area contributed by atoms with Crippen LogP contribution < -0.4 is 14.8 Å². The van der Waals surface area contributed by atoms with E-state index in [-0.39, 0.29) is 30.7 Å². The normalized spacial score (nSPS) is 13.5. The van der Waals surface area contributed by atoms with Crippen LogP contribution in [-0.4, -0.2) is 74.5 Å². The zero-order chi connectivity index (χ0) is 23.1. The number of benzene rings is 2. The van der Waals surface area contributed by atoms with Gasteiger partial charge in [-0.1, -0.05) is 11.6 Å². The molecule has 0 aromatic heterocycles. The summed E-state index contributed by atoms with van der Waals surface area (Å²) in [5, 5.41) is 3.30. The van der Waals surface area contributed by atoms with E-state index in [4.69, 9.17) is 21.1 Å². The number of carbonyl (C=O) groups excluding carboxylic acids is 3. The molecule has 0 spiro atoms. The van der Waals surface area contributed by atoms with Crippen LogP contribution in [0.25, 0.3) is 0 Å². The number of amides is 3. The first kappa shape index (κ1) is 23.4. The summed E-state index contributed by atoms with van der Waals surface area (Å²) in [5.41, 5.74) is 0.967. The van der Waals surface area contributed by atoms with Crippen LogP contribution in [0.4, 0.5) is 0 Å². The van der Waals surface area contributed by atoms with Crippen LogP contribution in [0.1, 0.15) is 27.1 Å². The van der Waals surface area contributed by atoms with Crippen LogP contribution >= 0.6 is 11.6 Å². The average Bonchev–Trinajstić information content (AvgIpc) is 2.83. The Labute approximate surface area is 192 Å². The van der Waals surface area contributed by atoms with E-state index in [2.05, 4.69) is 5.32 Å². The second-order valence-electron chi connectivity index (χ2n) is 7.29. The van der Waals surface area contributed by atoms with Gasteiger partial charge in [-0.3, -0.25) is 14.4 Å². The zero-order valence-electron chi connectivity index (χ0n) is 18.1. The molecule has 3 rings (SSSR count). The van der Waals surface area contributed by atoms with Gasteiger partial charge in [-0.05, 0) is 36.4 Å². The van der Waals surface area contributed by atoms with Crippen molar-refractivity contribution in [3.8, 4) is 11.5 Å². The van der Waals surface area contributed by atoms with Gasteiger partial charge in [-0.15, -0.1) is 0 Å². The number of hydrogen-bond donors (Lipinski definition) is 1. The Morgan fingerprint density at radius 3 is 2.00 bits per heavy atom. The predicted molar refractivity (Wildman–Crippen MR) is 120 cm³/mol. The summed E-state index contributed by atoms with van der Waals surface area (Å²) in [6.07, 6.45) is 0.195. The van der Waals surface area contributed by atoms with Crippen molar-refractivity contribution >= 4 is 29.3 Å². The molecule has 2 aromatic carbocycles. The maximum absolute atomic E-state index is 12.9. The molecule has 8 nitrogen and oxygen atoms in total. The fourth-order valence-corrected chi connectivity index (χ4v) is 3.54. The van der Waals surface area contributed by atoms with E-state index >= 15 is 0 Å². The summed E-state index contributed by atoms with van der Waals surface area (Å²) in [4.78, 5) is 40.9. The van der Waals surface area contributed by atoms with Crippen LogP contribution in [-0.2, 0) is 4.79 Å². The molecule has 1 heterocycles. The van der Waals surface area contributed by atoms with Gasteiger partial charge in [0.05, 0.1) is 14.2 Å². The summed E-state index contributed by atoms with van der Waals surface area (Å²) < 4.78 is 10.5.